The van der Waals surface area contributed by atoms with Gasteiger partial charge in [-0.3, -0.25) is 4.79 Å². The molecule has 0 spiro atoms. The molecule has 0 aliphatic heterocycles. The van der Waals surface area contributed by atoms with Crippen molar-refractivity contribution < 1.29 is 14.7 Å². The Hall–Kier alpha value is -2.56. The molecule has 0 unspecified atom stereocenters. The molecule has 0 radical (unpaired) electrons. The minimum atomic E-state index is -1.23. The number of hydrogen-bond donors (Lipinski definition) is 1. The standard InChI is InChI=1S/C17H18N2O3/c1-10-7-5-6-8-11(10)15-18-9-12(13(19-15)16(21)22)14(20)17(2,3)4/h5-9H,1-4H3,(H,21,22). The molecule has 2 rings (SSSR count). The molecular weight excluding hydrogens is 280 g/mol. The SMILES string of the molecule is Cc1ccccc1-c1ncc(C(=O)C(C)(C)C)c(C(=O)O)n1. The number of aromatic carboxylic acids is 1. The predicted octanol–water partition coefficient (Wildman–Crippen LogP) is 3.38. The number of rotatable bonds is 3. The number of carboxylic acid groups (broad SMARTS) is 1. The van der Waals surface area contributed by atoms with Crippen molar-refractivity contribution in [2.75, 3.05) is 0 Å². The summed E-state index contributed by atoms with van der Waals surface area (Å²) < 4.78 is 0. The molecule has 5 heteroatoms. The normalized spacial score (nSPS) is 11.3. The number of aromatic nitrogens is 2. The van der Waals surface area contributed by atoms with Crippen molar-refractivity contribution in [1.29, 1.82) is 0 Å². The van der Waals surface area contributed by atoms with Gasteiger partial charge in [-0.1, -0.05) is 45.0 Å². The van der Waals surface area contributed by atoms with E-state index in [9.17, 15) is 14.7 Å². The van der Waals surface area contributed by atoms with Crippen molar-refractivity contribution >= 4 is 11.8 Å². The van der Waals surface area contributed by atoms with Crippen LogP contribution in [0.15, 0.2) is 30.5 Å². The summed E-state index contributed by atoms with van der Waals surface area (Å²) in [5, 5.41) is 9.38. The Bertz CT molecular complexity index is 746. The number of carboxylic acids is 1. The molecule has 1 heterocycles. The zero-order chi connectivity index (χ0) is 16.5. The lowest BCUT2D eigenvalue weighted by Gasteiger charge is -2.17. The van der Waals surface area contributed by atoms with Crippen LogP contribution in [0.1, 0.15) is 47.2 Å². The number of ketones is 1. The molecule has 22 heavy (non-hydrogen) atoms. The van der Waals surface area contributed by atoms with Crippen LogP contribution in [-0.4, -0.2) is 26.8 Å². The van der Waals surface area contributed by atoms with Crippen molar-refractivity contribution in [2.45, 2.75) is 27.7 Å². The summed E-state index contributed by atoms with van der Waals surface area (Å²) >= 11 is 0. The van der Waals surface area contributed by atoms with Crippen LogP contribution in [0.2, 0.25) is 0 Å². The Morgan fingerprint density at radius 3 is 2.32 bits per heavy atom. The van der Waals surface area contributed by atoms with Gasteiger partial charge in [-0.15, -0.1) is 0 Å². The first kappa shape index (κ1) is 15.8. The second-order valence-electron chi connectivity index (χ2n) is 6.16. The molecule has 1 aromatic carbocycles. The third-order valence-corrected chi connectivity index (χ3v) is 3.30. The van der Waals surface area contributed by atoms with Gasteiger partial charge in [-0.05, 0) is 12.5 Å². The molecule has 0 amide bonds. The third kappa shape index (κ3) is 3.03. The Labute approximate surface area is 129 Å². The fourth-order valence-electron chi connectivity index (χ4n) is 2.07. The average Bonchev–Trinajstić information content (AvgIpc) is 2.45. The van der Waals surface area contributed by atoms with Crippen LogP contribution in [0.5, 0.6) is 0 Å². The monoisotopic (exact) mass is 298 g/mol. The molecule has 1 aromatic heterocycles. The van der Waals surface area contributed by atoms with Crippen molar-refractivity contribution in [3.63, 3.8) is 0 Å². The minimum absolute atomic E-state index is 0.0392. The van der Waals surface area contributed by atoms with Gasteiger partial charge in [0.1, 0.15) is 0 Å². The topological polar surface area (TPSA) is 80.2 Å². The number of benzene rings is 1. The predicted molar refractivity (Wildman–Crippen MR) is 82.9 cm³/mol. The summed E-state index contributed by atoms with van der Waals surface area (Å²) in [6.45, 7) is 7.09. The third-order valence-electron chi connectivity index (χ3n) is 3.30. The Balaban J connectivity index is 2.61. The maximum atomic E-state index is 12.4. The van der Waals surface area contributed by atoms with Gasteiger partial charge in [0, 0.05) is 17.2 Å². The van der Waals surface area contributed by atoms with E-state index in [0.717, 1.165) is 11.1 Å². The molecule has 0 saturated heterocycles. The summed E-state index contributed by atoms with van der Waals surface area (Å²) in [4.78, 5) is 32.1. The molecule has 0 aliphatic carbocycles. The van der Waals surface area contributed by atoms with Gasteiger partial charge in [-0.25, -0.2) is 14.8 Å². The highest BCUT2D eigenvalue weighted by molar-refractivity contribution is 6.07. The highest BCUT2D eigenvalue weighted by atomic mass is 16.4. The molecule has 0 fully saturated rings. The van der Waals surface area contributed by atoms with Crippen molar-refractivity contribution in [1.82, 2.24) is 9.97 Å². The van der Waals surface area contributed by atoms with Gasteiger partial charge in [-0.2, -0.15) is 0 Å². The first-order chi connectivity index (χ1) is 10.2. The molecule has 2 aromatic rings. The lowest BCUT2D eigenvalue weighted by atomic mass is 9.86. The van der Waals surface area contributed by atoms with Crippen LogP contribution in [0, 0.1) is 12.3 Å². The number of carbonyl (C=O) groups is 2. The first-order valence-electron chi connectivity index (χ1n) is 6.93. The zero-order valence-electron chi connectivity index (χ0n) is 13.0. The van der Waals surface area contributed by atoms with E-state index in [0.29, 0.717) is 5.82 Å². The molecule has 0 bridgehead atoms. The second kappa shape index (κ2) is 5.67. The van der Waals surface area contributed by atoms with Crippen LogP contribution in [-0.2, 0) is 0 Å². The van der Waals surface area contributed by atoms with Crippen LogP contribution < -0.4 is 0 Å². The largest absolute Gasteiger partial charge is 0.476 e. The van der Waals surface area contributed by atoms with Gasteiger partial charge < -0.3 is 5.11 Å². The van der Waals surface area contributed by atoms with E-state index in [1.165, 1.54) is 6.20 Å². The second-order valence-corrected chi connectivity index (χ2v) is 6.16. The van der Waals surface area contributed by atoms with E-state index >= 15 is 0 Å². The smallest absolute Gasteiger partial charge is 0.355 e. The van der Waals surface area contributed by atoms with Crippen molar-refractivity contribution in [3.8, 4) is 11.4 Å². The zero-order valence-corrected chi connectivity index (χ0v) is 13.0. The van der Waals surface area contributed by atoms with E-state index in [1.54, 1.807) is 20.8 Å². The summed E-state index contributed by atoms with van der Waals surface area (Å²) in [5.41, 5.74) is 0.775. The van der Waals surface area contributed by atoms with Gasteiger partial charge in [0.05, 0.1) is 5.56 Å². The fraction of sp³-hybridized carbons (Fsp3) is 0.294. The van der Waals surface area contributed by atoms with E-state index in [-0.39, 0.29) is 17.0 Å². The van der Waals surface area contributed by atoms with E-state index in [4.69, 9.17) is 0 Å². The number of hydrogen-bond acceptors (Lipinski definition) is 4. The number of carbonyl (C=O) groups excluding carboxylic acids is 1. The molecule has 1 N–H and O–H groups in total. The molecule has 0 aliphatic rings. The fourth-order valence-corrected chi connectivity index (χ4v) is 2.07. The number of aryl methyl sites for hydroxylation is 1. The van der Waals surface area contributed by atoms with Crippen LogP contribution in [0.4, 0.5) is 0 Å². The van der Waals surface area contributed by atoms with Crippen LogP contribution >= 0.6 is 0 Å². The molecule has 114 valence electrons. The molecule has 0 saturated carbocycles. The summed E-state index contributed by atoms with van der Waals surface area (Å²) in [7, 11) is 0. The average molecular weight is 298 g/mol. The van der Waals surface area contributed by atoms with E-state index in [1.807, 2.05) is 31.2 Å². The summed E-state index contributed by atoms with van der Waals surface area (Å²) in [6, 6.07) is 7.43. The van der Waals surface area contributed by atoms with Gasteiger partial charge >= 0.3 is 5.97 Å². The maximum absolute atomic E-state index is 12.4. The molecule has 5 nitrogen and oxygen atoms in total. The van der Waals surface area contributed by atoms with Gasteiger partial charge in [0.25, 0.3) is 0 Å². The lowest BCUT2D eigenvalue weighted by Crippen LogP contribution is -2.24. The Kier molecular flexibility index (Phi) is 4.08. The minimum Gasteiger partial charge on any atom is -0.476 e. The molecule has 0 atom stereocenters. The van der Waals surface area contributed by atoms with Gasteiger partial charge in [0.2, 0.25) is 0 Å². The summed E-state index contributed by atoms with van der Waals surface area (Å²) in [5.74, 6) is -1.22. The van der Waals surface area contributed by atoms with E-state index in [2.05, 4.69) is 9.97 Å². The lowest BCUT2D eigenvalue weighted by molar-refractivity contribution is 0.0680. The van der Waals surface area contributed by atoms with Crippen LogP contribution in [0.3, 0.4) is 0 Å². The number of Topliss-reactive ketones (excluding diaryl/α,β-unsaturated/α-hetero) is 1. The summed E-state index contributed by atoms with van der Waals surface area (Å²) in [6.07, 6.45) is 1.31. The quantitative estimate of drug-likeness (QED) is 0.879. The Morgan fingerprint density at radius 1 is 1.14 bits per heavy atom. The van der Waals surface area contributed by atoms with Gasteiger partial charge in [0.15, 0.2) is 17.3 Å². The highest BCUT2D eigenvalue weighted by Gasteiger charge is 2.29. The number of nitrogens with zero attached hydrogens (tertiary/aromatic N) is 2. The van der Waals surface area contributed by atoms with Crippen molar-refractivity contribution in [3.05, 3.63) is 47.3 Å². The van der Waals surface area contributed by atoms with E-state index < -0.39 is 11.4 Å². The maximum Gasteiger partial charge on any atom is 0.355 e. The first-order valence-corrected chi connectivity index (χ1v) is 6.93. The van der Waals surface area contributed by atoms with Crippen LogP contribution in [0.25, 0.3) is 11.4 Å². The van der Waals surface area contributed by atoms with Crippen molar-refractivity contribution in [2.24, 2.45) is 5.41 Å². The Morgan fingerprint density at radius 2 is 1.77 bits per heavy atom. The molecular formula is C17H18N2O3. The highest BCUT2D eigenvalue weighted by Crippen LogP contribution is 2.25.